The van der Waals surface area contributed by atoms with Crippen molar-refractivity contribution in [2.24, 2.45) is 0 Å². The van der Waals surface area contributed by atoms with Crippen molar-refractivity contribution in [3.8, 4) is 0 Å². The Morgan fingerprint density at radius 3 is 2.32 bits per heavy atom. The van der Waals surface area contributed by atoms with E-state index in [1.807, 2.05) is 0 Å². The van der Waals surface area contributed by atoms with E-state index >= 15 is 0 Å². The number of aliphatic hydroxyl groups excluding tert-OH is 1. The largest absolute Gasteiger partial charge is 0.435 e. The molecule has 3 rings (SSSR count). The number of alkyl halides is 8. The molecule has 0 aromatic carbocycles. The molecule has 1 aliphatic carbocycles. The summed E-state index contributed by atoms with van der Waals surface area (Å²) in [5.41, 5.74) is -3.60. The fourth-order valence-corrected chi connectivity index (χ4v) is 3.21. The predicted octanol–water partition coefficient (Wildman–Crippen LogP) is 3.58. The van der Waals surface area contributed by atoms with Gasteiger partial charge in [-0.25, -0.2) is 8.78 Å². The molecular weight excluding hydrogens is 368 g/mol. The number of nitrogens with zero attached hydrogens (tertiary/aromatic N) is 2. The summed E-state index contributed by atoms with van der Waals surface area (Å²) in [6.07, 6.45) is -20.7. The van der Waals surface area contributed by atoms with Crippen molar-refractivity contribution in [1.82, 2.24) is 9.78 Å². The smallest absolute Gasteiger partial charge is 0.385 e. The zero-order valence-electron chi connectivity index (χ0n) is 12.3. The third-order valence-corrected chi connectivity index (χ3v) is 4.36. The van der Waals surface area contributed by atoms with Crippen LogP contribution < -0.4 is 0 Å². The molecule has 1 aromatic rings. The highest BCUT2D eigenvalue weighted by molar-refractivity contribution is 5.39. The molecule has 1 fully saturated rings. The minimum absolute atomic E-state index is 0.155. The summed E-state index contributed by atoms with van der Waals surface area (Å²) in [5, 5.41) is 12.8. The van der Waals surface area contributed by atoms with Crippen LogP contribution in [0, 0.1) is 0 Å². The van der Waals surface area contributed by atoms with Crippen molar-refractivity contribution in [3.05, 3.63) is 17.0 Å². The molecule has 12 heteroatoms. The van der Waals surface area contributed by atoms with Crippen LogP contribution in [0.4, 0.5) is 35.1 Å². The maximum absolute atomic E-state index is 14.1. The predicted molar refractivity (Wildman–Crippen MR) is 65.0 cm³/mol. The van der Waals surface area contributed by atoms with Crippen LogP contribution in [0.25, 0.3) is 0 Å². The first-order valence-corrected chi connectivity index (χ1v) is 7.27. The maximum Gasteiger partial charge on any atom is 0.435 e. The van der Waals surface area contributed by atoms with Gasteiger partial charge in [-0.05, 0) is 6.42 Å². The van der Waals surface area contributed by atoms with E-state index in [1.165, 1.54) is 0 Å². The zero-order chi connectivity index (χ0) is 18.7. The van der Waals surface area contributed by atoms with Crippen LogP contribution in [0.5, 0.6) is 0 Å². The van der Waals surface area contributed by atoms with Crippen LogP contribution in [-0.4, -0.2) is 39.9 Å². The lowest BCUT2D eigenvalue weighted by Crippen LogP contribution is -2.39. The Morgan fingerprint density at radius 1 is 1.12 bits per heavy atom. The number of fused-ring (bicyclic) bond motifs is 1. The van der Waals surface area contributed by atoms with Gasteiger partial charge in [0.25, 0.3) is 0 Å². The van der Waals surface area contributed by atoms with Gasteiger partial charge in [0.2, 0.25) is 0 Å². The van der Waals surface area contributed by atoms with E-state index < -0.39 is 72.9 Å². The number of rotatable bonds is 1. The molecule has 0 amide bonds. The number of aromatic nitrogens is 2. The Bertz CT molecular complexity index is 656. The van der Waals surface area contributed by atoms with E-state index in [9.17, 15) is 40.2 Å². The molecule has 1 aliphatic heterocycles. The van der Waals surface area contributed by atoms with E-state index in [1.54, 1.807) is 0 Å². The Hall–Kier alpha value is -1.43. The summed E-state index contributed by atoms with van der Waals surface area (Å²) in [4.78, 5) is 0. The topological polar surface area (TPSA) is 47.3 Å². The first kappa shape index (κ1) is 18.4. The summed E-state index contributed by atoms with van der Waals surface area (Å²) in [7, 11) is 0. The molecule has 1 N–H and O–H groups in total. The second-order valence-electron chi connectivity index (χ2n) is 5.96. The summed E-state index contributed by atoms with van der Waals surface area (Å²) < 4.78 is 110. The molecule has 4 nitrogen and oxygen atoms in total. The van der Waals surface area contributed by atoms with Crippen LogP contribution in [0.3, 0.4) is 0 Å². The fourth-order valence-electron chi connectivity index (χ4n) is 3.21. The van der Waals surface area contributed by atoms with Crippen LogP contribution in [-0.2, 0) is 10.9 Å². The number of hydrogen-bond acceptors (Lipinski definition) is 3. The third kappa shape index (κ3) is 2.98. The Labute approximate surface area is 135 Å². The minimum atomic E-state index is -5.12. The SMILES string of the molecule is O[C@H]1c2c(C(F)(F)F)nn([C@H]3CCO[C@@H](C(F)(F)F)C3)c2[C@@H](F)[C@H]1F. The van der Waals surface area contributed by atoms with E-state index in [2.05, 4.69) is 9.84 Å². The highest BCUT2D eigenvalue weighted by Crippen LogP contribution is 2.50. The summed E-state index contributed by atoms with van der Waals surface area (Å²) in [6, 6.07) is -1.26. The minimum Gasteiger partial charge on any atom is -0.385 e. The lowest BCUT2D eigenvalue weighted by atomic mass is 10.0. The summed E-state index contributed by atoms with van der Waals surface area (Å²) >= 11 is 0. The van der Waals surface area contributed by atoms with Gasteiger partial charge in [0.1, 0.15) is 6.10 Å². The van der Waals surface area contributed by atoms with Gasteiger partial charge >= 0.3 is 12.4 Å². The normalized spacial score (nSPS) is 33.6. The molecule has 0 unspecified atom stereocenters. The Balaban J connectivity index is 2.05. The van der Waals surface area contributed by atoms with Crippen LogP contribution in [0.2, 0.25) is 0 Å². The summed E-state index contributed by atoms with van der Waals surface area (Å²) in [5.74, 6) is 0. The molecule has 25 heavy (non-hydrogen) atoms. The number of ether oxygens (including phenoxy) is 1. The molecule has 1 saturated heterocycles. The average Bonchev–Trinajstić information content (AvgIpc) is 3.00. The molecule has 0 saturated carbocycles. The van der Waals surface area contributed by atoms with Crippen molar-refractivity contribution >= 4 is 0 Å². The lowest BCUT2D eigenvalue weighted by Gasteiger charge is -2.31. The molecule has 0 bridgehead atoms. The second kappa shape index (κ2) is 5.79. The lowest BCUT2D eigenvalue weighted by molar-refractivity contribution is -0.235. The highest BCUT2D eigenvalue weighted by Gasteiger charge is 2.53. The number of halogens is 8. The van der Waals surface area contributed by atoms with E-state index in [4.69, 9.17) is 0 Å². The van der Waals surface area contributed by atoms with Crippen LogP contribution in [0.15, 0.2) is 0 Å². The van der Waals surface area contributed by atoms with E-state index in [0.717, 1.165) is 0 Å². The average molecular weight is 380 g/mol. The first-order chi connectivity index (χ1) is 11.4. The van der Waals surface area contributed by atoms with Crippen molar-refractivity contribution in [3.63, 3.8) is 0 Å². The molecule has 0 radical (unpaired) electrons. The van der Waals surface area contributed by atoms with Gasteiger partial charge in [0.05, 0.1) is 11.7 Å². The standard InChI is InChI=1S/C13H12F8N2O2/c14-7-8(15)10(24)6-9(7)23(22-11(6)13(19,20)21)4-1-2-25-5(3-4)12(16,17)18/h4-5,7-8,10,24H,1-3H2/t4-,5+,7-,8+,10-/m0/s1. The van der Waals surface area contributed by atoms with Crippen molar-refractivity contribution in [2.45, 2.75) is 55.8 Å². The van der Waals surface area contributed by atoms with Crippen molar-refractivity contribution < 1.29 is 45.0 Å². The monoisotopic (exact) mass is 380 g/mol. The molecule has 2 aliphatic rings. The van der Waals surface area contributed by atoms with E-state index in [-0.39, 0.29) is 6.42 Å². The first-order valence-electron chi connectivity index (χ1n) is 7.27. The summed E-state index contributed by atoms with van der Waals surface area (Å²) in [6.45, 7) is -0.427. The second-order valence-corrected chi connectivity index (χ2v) is 5.96. The van der Waals surface area contributed by atoms with Gasteiger partial charge in [-0.1, -0.05) is 0 Å². The molecule has 1 aromatic heterocycles. The molecule has 5 atom stereocenters. The van der Waals surface area contributed by atoms with Gasteiger partial charge in [0.15, 0.2) is 24.1 Å². The Morgan fingerprint density at radius 2 is 1.76 bits per heavy atom. The highest BCUT2D eigenvalue weighted by atomic mass is 19.4. The van der Waals surface area contributed by atoms with Crippen LogP contribution >= 0.6 is 0 Å². The van der Waals surface area contributed by atoms with Crippen molar-refractivity contribution in [2.75, 3.05) is 6.61 Å². The van der Waals surface area contributed by atoms with Gasteiger partial charge in [0, 0.05) is 18.6 Å². The Kier molecular flexibility index (Phi) is 4.26. The van der Waals surface area contributed by atoms with Gasteiger partial charge in [-0.3, -0.25) is 4.68 Å². The number of aliphatic hydroxyl groups is 1. The molecule has 142 valence electrons. The quantitative estimate of drug-likeness (QED) is 0.758. The maximum atomic E-state index is 14.1. The molecular formula is C13H12F8N2O2. The molecule has 0 spiro atoms. The van der Waals surface area contributed by atoms with Gasteiger partial charge in [-0.15, -0.1) is 0 Å². The molecule has 2 heterocycles. The van der Waals surface area contributed by atoms with Crippen LogP contribution in [0.1, 0.15) is 48.1 Å². The zero-order valence-corrected chi connectivity index (χ0v) is 12.3. The fraction of sp³-hybridized carbons (Fsp3) is 0.769. The third-order valence-electron chi connectivity index (χ3n) is 4.36. The van der Waals surface area contributed by atoms with Gasteiger partial charge < -0.3 is 9.84 Å². The van der Waals surface area contributed by atoms with E-state index in [0.29, 0.717) is 4.68 Å². The van der Waals surface area contributed by atoms with Gasteiger partial charge in [-0.2, -0.15) is 31.4 Å². The van der Waals surface area contributed by atoms with Crippen molar-refractivity contribution in [1.29, 1.82) is 0 Å². The number of hydrogen-bond donors (Lipinski definition) is 1.